The van der Waals surface area contributed by atoms with Crippen LogP contribution in [0.2, 0.25) is 5.02 Å². The molecule has 2 saturated carbocycles. The molecule has 0 saturated heterocycles. The first-order chi connectivity index (χ1) is 10.6. The van der Waals surface area contributed by atoms with Gasteiger partial charge in [0.25, 0.3) is 0 Å². The van der Waals surface area contributed by atoms with Gasteiger partial charge in [-0.2, -0.15) is 0 Å². The monoisotopic (exact) mass is 333 g/mol. The van der Waals surface area contributed by atoms with Crippen LogP contribution in [-0.2, 0) is 14.4 Å². The van der Waals surface area contributed by atoms with E-state index < -0.39 is 33.7 Å². The van der Waals surface area contributed by atoms with Crippen LogP contribution in [0.25, 0.3) is 0 Å². The third-order valence-electron chi connectivity index (χ3n) is 6.38. The highest BCUT2D eigenvalue weighted by molar-refractivity contribution is 6.49. The van der Waals surface area contributed by atoms with Gasteiger partial charge in [0.1, 0.15) is 5.41 Å². The molecule has 0 radical (unpaired) electrons. The van der Waals surface area contributed by atoms with Crippen molar-refractivity contribution in [3.05, 3.63) is 28.8 Å². The minimum atomic E-state index is -1.28. The molecule has 0 aliphatic heterocycles. The lowest BCUT2D eigenvalue weighted by Crippen LogP contribution is -2.47. The van der Waals surface area contributed by atoms with Crippen LogP contribution in [-0.4, -0.2) is 17.5 Å². The van der Waals surface area contributed by atoms with Crippen molar-refractivity contribution in [1.29, 1.82) is 0 Å². The summed E-state index contributed by atoms with van der Waals surface area (Å²) < 4.78 is 0. The Morgan fingerprint density at radius 3 is 2.35 bits per heavy atom. The summed E-state index contributed by atoms with van der Waals surface area (Å²) in [5.74, 6) is -1.35. The van der Waals surface area contributed by atoms with E-state index in [1.54, 1.807) is 25.1 Å². The van der Waals surface area contributed by atoms with E-state index in [4.69, 9.17) is 11.6 Å². The zero-order chi connectivity index (χ0) is 17.2. The Morgan fingerprint density at radius 1 is 1.13 bits per heavy atom. The average Bonchev–Trinajstić information content (AvgIpc) is 2.75. The van der Waals surface area contributed by atoms with E-state index in [0.29, 0.717) is 23.6 Å². The van der Waals surface area contributed by atoms with Crippen molar-refractivity contribution in [3.63, 3.8) is 0 Å². The summed E-state index contributed by atoms with van der Waals surface area (Å²) in [6, 6.07) is 5.21. The second-order valence-electron chi connectivity index (χ2n) is 7.43. The Balaban J connectivity index is 2.04. The number of hydrogen-bond acceptors (Lipinski definition) is 3. The van der Waals surface area contributed by atoms with E-state index in [1.165, 1.54) is 0 Å². The Hall–Kier alpha value is -1.68. The first-order valence-corrected chi connectivity index (χ1v) is 8.12. The van der Waals surface area contributed by atoms with E-state index in [-0.39, 0.29) is 0 Å². The number of hydrogen-bond donors (Lipinski definition) is 1. The van der Waals surface area contributed by atoms with Gasteiger partial charge in [-0.1, -0.05) is 38.4 Å². The van der Waals surface area contributed by atoms with Crippen LogP contribution in [0.5, 0.6) is 0 Å². The summed E-state index contributed by atoms with van der Waals surface area (Å²) in [7, 11) is 0. The van der Waals surface area contributed by atoms with Gasteiger partial charge in [0.15, 0.2) is 0 Å². The fourth-order valence-corrected chi connectivity index (χ4v) is 4.40. The van der Waals surface area contributed by atoms with Gasteiger partial charge in [-0.3, -0.25) is 14.4 Å². The topological polar surface area (TPSA) is 63.2 Å². The molecule has 1 aromatic carbocycles. The lowest BCUT2D eigenvalue weighted by Gasteiger charge is -2.37. The van der Waals surface area contributed by atoms with Crippen molar-refractivity contribution < 1.29 is 14.4 Å². The normalized spacial score (nSPS) is 31.5. The number of amides is 1. The summed E-state index contributed by atoms with van der Waals surface area (Å²) >= 11 is 5.99. The maximum Gasteiger partial charge on any atom is 0.239 e. The fourth-order valence-electron chi connectivity index (χ4n) is 4.23. The summed E-state index contributed by atoms with van der Waals surface area (Å²) in [5.41, 5.74) is -1.31. The molecule has 5 heteroatoms. The molecule has 0 unspecified atom stereocenters. The van der Waals surface area contributed by atoms with Gasteiger partial charge in [-0.05, 0) is 42.9 Å². The van der Waals surface area contributed by atoms with Gasteiger partial charge in [0.05, 0.1) is 0 Å². The molecule has 3 rings (SSSR count). The van der Waals surface area contributed by atoms with E-state index in [1.807, 2.05) is 20.8 Å². The van der Waals surface area contributed by atoms with Gasteiger partial charge in [-0.15, -0.1) is 0 Å². The highest BCUT2D eigenvalue weighted by Gasteiger charge is 2.77. The highest BCUT2D eigenvalue weighted by Crippen LogP contribution is 2.69. The molecule has 2 atom stereocenters. The van der Waals surface area contributed by atoms with Crippen LogP contribution >= 0.6 is 11.6 Å². The number of halogens is 1. The molecule has 2 bridgehead atoms. The third-order valence-corrected chi connectivity index (χ3v) is 6.61. The molecule has 1 N–H and O–H groups in total. The first kappa shape index (κ1) is 16.2. The summed E-state index contributed by atoms with van der Waals surface area (Å²) in [4.78, 5) is 38.1. The van der Waals surface area contributed by atoms with Crippen molar-refractivity contribution in [1.82, 2.24) is 0 Å². The average molecular weight is 334 g/mol. The molecule has 23 heavy (non-hydrogen) atoms. The molecule has 0 aromatic heterocycles. The van der Waals surface area contributed by atoms with Crippen LogP contribution in [0, 0.1) is 23.2 Å². The van der Waals surface area contributed by atoms with Crippen LogP contribution < -0.4 is 5.32 Å². The molecule has 122 valence electrons. The Bertz CT molecular complexity index is 755. The molecular weight excluding hydrogens is 314 g/mol. The molecule has 0 heterocycles. The molecule has 2 aliphatic carbocycles. The molecule has 2 fully saturated rings. The first-order valence-electron chi connectivity index (χ1n) is 7.75. The highest BCUT2D eigenvalue weighted by atomic mass is 35.5. The minimum Gasteiger partial charge on any atom is -0.325 e. The zero-order valence-electron chi connectivity index (χ0n) is 13.7. The molecule has 0 spiro atoms. The SMILES string of the molecule is Cc1ccc(Cl)cc1NC(=O)[C@@]12CC[C@@](C)(C(=O)C1=O)C2(C)C. The van der Waals surface area contributed by atoms with Crippen LogP contribution in [0.3, 0.4) is 0 Å². The second kappa shape index (κ2) is 4.67. The number of nitrogens with one attached hydrogen (secondary N) is 1. The number of rotatable bonds is 2. The smallest absolute Gasteiger partial charge is 0.239 e. The number of Topliss-reactive ketones (excluding diaryl/α,β-unsaturated/α-hetero) is 2. The summed E-state index contributed by atoms with van der Waals surface area (Å²) in [6.45, 7) is 7.37. The molecule has 2 aliphatic rings. The predicted molar refractivity (Wildman–Crippen MR) is 88.4 cm³/mol. The van der Waals surface area contributed by atoms with Gasteiger partial charge in [0, 0.05) is 16.1 Å². The van der Waals surface area contributed by atoms with Gasteiger partial charge in [-0.25, -0.2) is 0 Å². The van der Waals surface area contributed by atoms with Gasteiger partial charge >= 0.3 is 0 Å². The summed E-state index contributed by atoms with van der Waals surface area (Å²) in [6.07, 6.45) is 0.971. The fraction of sp³-hybridized carbons (Fsp3) is 0.500. The van der Waals surface area contributed by atoms with E-state index in [9.17, 15) is 14.4 Å². The number of aryl methyl sites for hydroxylation is 1. The van der Waals surface area contributed by atoms with E-state index in [0.717, 1.165) is 5.56 Å². The molecular formula is C18H20ClNO3. The molecule has 1 aromatic rings. The van der Waals surface area contributed by atoms with Crippen LogP contribution in [0.15, 0.2) is 18.2 Å². The van der Waals surface area contributed by atoms with E-state index in [2.05, 4.69) is 5.32 Å². The molecule has 1 amide bonds. The predicted octanol–water partition coefficient (Wildman–Crippen LogP) is 3.55. The van der Waals surface area contributed by atoms with Crippen molar-refractivity contribution in [2.45, 2.75) is 40.5 Å². The number of ketones is 2. The lowest BCUT2D eigenvalue weighted by molar-refractivity contribution is -0.147. The van der Waals surface area contributed by atoms with E-state index >= 15 is 0 Å². The van der Waals surface area contributed by atoms with Gasteiger partial charge in [0.2, 0.25) is 17.5 Å². The Morgan fingerprint density at radius 2 is 1.78 bits per heavy atom. The largest absolute Gasteiger partial charge is 0.325 e. The van der Waals surface area contributed by atoms with Crippen LogP contribution in [0.1, 0.15) is 39.2 Å². The minimum absolute atomic E-state index is 0.396. The number of carbonyl (C=O) groups is 3. The molecule has 4 nitrogen and oxygen atoms in total. The zero-order valence-corrected chi connectivity index (χ0v) is 14.5. The number of fused-ring (bicyclic) bond motifs is 2. The quantitative estimate of drug-likeness (QED) is 0.665. The second-order valence-corrected chi connectivity index (χ2v) is 7.87. The maximum atomic E-state index is 13.0. The van der Waals surface area contributed by atoms with Crippen molar-refractivity contribution >= 4 is 34.8 Å². The summed E-state index contributed by atoms with van der Waals surface area (Å²) in [5, 5.41) is 3.35. The Labute approximate surface area is 140 Å². The maximum absolute atomic E-state index is 13.0. The number of benzene rings is 1. The lowest BCUT2D eigenvalue weighted by atomic mass is 9.64. The third kappa shape index (κ3) is 1.76. The van der Waals surface area contributed by atoms with Crippen molar-refractivity contribution in [2.24, 2.45) is 16.2 Å². The van der Waals surface area contributed by atoms with Crippen molar-refractivity contribution in [2.75, 3.05) is 5.32 Å². The van der Waals surface area contributed by atoms with Crippen LogP contribution in [0.4, 0.5) is 5.69 Å². The number of anilines is 1. The standard InChI is InChI=1S/C18H20ClNO3/c1-10-5-6-11(19)9-12(10)20-15(23)18-8-7-17(4,16(18,2)3)13(21)14(18)22/h5-6,9H,7-8H2,1-4H3,(H,20,23)/t17-,18+/m0/s1. The van der Waals surface area contributed by atoms with Gasteiger partial charge < -0.3 is 5.32 Å². The number of carbonyl (C=O) groups excluding carboxylic acids is 3. The van der Waals surface area contributed by atoms with Crippen molar-refractivity contribution in [3.8, 4) is 0 Å². The Kier molecular flexibility index (Phi) is 3.28.